The minimum atomic E-state index is -3.96. The van der Waals surface area contributed by atoms with Gasteiger partial charge < -0.3 is 4.74 Å². The minimum absolute atomic E-state index is 0.0220. The van der Waals surface area contributed by atoms with Gasteiger partial charge in [0.05, 0.1) is 4.90 Å². The molecule has 156 valence electrons. The number of hydrogen-bond donors (Lipinski definition) is 2. The molecule has 1 amide bonds. The molecule has 2 aromatic rings. The van der Waals surface area contributed by atoms with Crippen LogP contribution in [0.4, 0.5) is 4.39 Å². The third-order valence-corrected chi connectivity index (χ3v) is 6.89. The van der Waals surface area contributed by atoms with Gasteiger partial charge in [0.15, 0.2) is 0 Å². The van der Waals surface area contributed by atoms with Crippen molar-refractivity contribution in [2.45, 2.75) is 37.1 Å². The molecule has 29 heavy (non-hydrogen) atoms. The Labute approximate surface area is 169 Å². The van der Waals surface area contributed by atoms with E-state index in [0.717, 1.165) is 10.7 Å². The number of sulfonamides is 1. The molecular weight excluding hydrogens is 399 g/mol. The standard InChI is InChI=1S/C20H23FN2O5S/c1-14-4-2-3-13-23(19(14)20(24)22-25)29(26,27)18-11-9-17(10-12-18)28-16-7-5-15(21)6-8-16/h5-12,14,19,25H,2-4,13H2,1H3,(H,22,24)/t14?,19-/m0/s1. The maximum Gasteiger partial charge on any atom is 0.262 e. The van der Waals surface area contributed by atoms with Gasteiger partial charge in [-0.1, -0.05) is 13.3 Å². The van der Waals surface area contributed by atoms with Gasteiger partial charge in [-0.05, 0) is 67.3 Å². The molecule has 1 unspecified atom stereocenters. The van der Waals surface area contributed by atoms with Gasteiger partial charge in [-0.15, -0.1) is 0 Å². The number of hydrogen-bond acceptors (Lipinski definition) is 5. The van der Waals surface area contributed by atoms with Crippen molar-refractivity contribution in [2.24, 2.45) is 5.92 Å². The van der Waals surface area contributed by atoms with E-state index in [0.29, 0.717) is 24.3 Å². The molecule has 3 rings (SSSR count). The van der Waals surface area contributed by atoms with Gasteiger partial charge in [-0.25, -0.2) is 18.3 Å². The fourth-order valence-electron chi connectivity index (χ4n) is 3.49. The van der Waals surface area contributed by atoms with Crippen molar-refractivity contribution in [1.29, 1.82) is 0 Å². The number of hydroxylamine groups is 1. The Morgan fingerprint density at radius 2 is 1.69 bits per heavy atom. The predicted octanol–water partition coefficient (Wildman–Crippen LogP) is 3.30. The number of benzene rings is 2. The zero-order chi connectivity index (χ0) is 21.0. The van der Waals surface area contributed by atoms with E-state index in [1.165, 1.54) is 48.5 Å². The summed E-state index contributed by atoms with van der Waals surface area (Å²) < 4.78 is 46.1. The second-order valence-corrected chi connectivity index (χ2v) is 8.93. The smallest absolute Gasteiger partial charge is 0.262 e. The normalized spacial score (nSPS) is 20.7. The van der Waals surface area contributed by atoms with E-state index in [1.54, 1.807) is 12.4 Å². The van der Waals surface area contributed by atoms with Crippen molar-refractivity contribution in [3.63, 3.8) is 0 Å². The number of carbonyl (C=O) groups excluding carboxylic acids is 1. The number of nitrogens with zero attached hydrogens (tertiary/aromatic N) is 1. The van der Waals surface area contributed by atoms with Crippen LogP contribution >= 0.6 is 0 Å². The van der Waals surface area contributed by atoms with Crippen LogP contribution in [0.15, 0.2) is 53.4 Å². The Morgan fingerprint density at radius 3 is 2.28 bits per heavy atom. The van der Waals surface area contributed by atoms with E-state index < -0.39 is 22.0 Å². The summed E-state index contributed by atoms with van der Waals surface area (Å²) in [5.74, 6) is -0.542. The van der Waals surface area contributed by atoms with E-state index in [-0.39, 0.29) is 23.2 Å². The summed E-state index contributed by atoms with van der Waals surface area (Å²) in [6.07, 6.45) is 2.12. The molecule has 0 aliphatic carbocycles. The Morgan fingerprint density at radius 1 is 1.10 bits per heavy atom. The van der Waals surface area contributed by atoms with Gasteiger partial charge in [-0.2, -0.15) is 4.31 Å². The average Bonchev–Trinajstić information content (AvgIpc) is 2.91. The minimum Gasteiger partial charge on any atom is -0.457 e. The van der Waals surface area contributed by atoms with Crippen LogP contribution in [0, 0.1) is 11.7 Å². The zero-order valence-corrected chi connectivity index (χ0v) is 16.7. The Balaban J connectivity index is 1.85. The molecule has 2 N–H and O–H groups in total. The maximum atomic E-state index is 13.2. The molecule has 0 radical (unpaired) electrons. The Kier molecular flexibility index (Phi) is 6.51. The van der Waals surface area contributed by atoms with Crippen molar-refractivity contribution in [3.8, 4) is 11.5 Å². The molecule has 0 bridgehead atoms. The van der Waals surface area contributed by atoms with Crippen LogP contribution < -0.4 is 10.2 Å². The highest BCUT2D eigenvalue weighted by Crippen LogP contribution is 2.30. The number of amides is 1. The Hall–Kier alpha value is -2.49. The van der Waals surface area contributed by atoms with Crippen LogP contribution in [-0.4, -0.2) is 36.4 Å². The molecule has 1 heterocycles. The summed E-state index contributed by atoms with van der Waals surface area (Å²) in [4.78, 5) is 12.2. The topological polar surface area (TPSA) is 95.9 Å². The molecule has 2 aromatic carbocycles. The van der Waals surface area contributed by atoms with Gasteiger partial charge >= 0.3 is 0 Å². The number of ether oxygens (including phenoxy) is 1. The second kappa shape index (κ2) is 8.89. The average molecular weight is 422 g/mol. The first-order chi connectivity index (χ1) is 13.8. The van der Waals surface area contributed by atoms with Crippen molar-refractivity contribution < 1.29 is 27.5 Å². The number of halogens is 1. The molecule has 1 saturated heterocycles. The molecule has 1 aliphatic heterocycles. The van der Waals surface area contributed by atoms with E-state index in [2.05, 4.69) is 0 Å². The monoisotopic (exact) mass is 422 g/mol. The molecule has 1 fully saturated rings. The van der Waals surface area contributed by atoms with Gasteiger partial charge in [0, 0.05) is 6.54 Å². The number of rotatable bonds is 5. The fraction of sp³-hybridized carbons (Fsp3) is 0.350. The van der Waals surface area contributed by atoms with Crippen molar-refractivity contribution in [3.05, 3.63) is 54.3 Å². The molecule has 0 saturated carbocycles. The summed E-state index contributed by atoms with van der Waals surface area (Å²) in [6.45, 7) is 1.99. The van der Waals surface area contributed by atoms with Crippen LogP contribution in [0.25, 0.3) is 0 Å². The zero-order valence-electron chi connectivity index (χ0n) is 15.9. The highest BCUT2D eigenvalue weighted by Gasteiger charge is 2.40. The fourth-order valence-corrected chi connectivity index (χ4v) is 5.22. The lowest BCUT2D eigenvalue weighted by Crippen LogP contribution is -2.51. The lowest BCUT2D eigenvalue weighted by Gasteiger charge is -2.30. The van der Waals surface area contributed by atoms with Crippen molar-refractivity contribution >= 4 is 15.9 Å². The molecule has 0 spiro atoms. The predicted molar refractivity (Wildman–Crippen MR) is 104 cm³/mol. The van der Waals surface area contributed by atoms with E-state index >= 15 is 0 Å². The molecule has 2 atom stereocenters. The molecule has 1 aliphatic rings. The van der Waals surface area contributed by atoms with Crippen LogP contribution in [-0.2, 0) is 14.8 Å². The SMILES string of the molecule is CC1CCCCN(S(=O)(=O)c2ccc(Oc3ccc(F)cc3)cc2)[C@@H]1C(=O)NO. The molecule has 9 heteroatoms. The van der Waals surface area contributed by atoms with Crippen LogP contribution in [0.5, 0.6) is 11.5 Å². The third-order valence-electron chi connectivity index (χ3n) is 5.00. The molecular formula is C20H23FN2O5S. The van der Waals surface area contributed by atoms with Crippen LogP contribution in [0.3, 0.4) is 0 Å². The Bertz CT molecular complexity index is 948. The maximum absolute atomic E-state index is 13.2. The first kappa shape index (κ1) is 21.2. The van der Waals surface area contributed by atoms with Crippen molar-refractivity contribution in [2.75, 3.05) is 6.54 Å². The summed E-state index contributed by atoms with van der Waals surface area (Å²) in [5, 5.41) is 9.08. The van der Waals surface area contributed by atoms with Crippen LogP contribution in [0.1, 0.15) is 26.2 Å². The lowest BCUT2D eigenvalue weighted by molar-refractivity contribution is -0.134. The van der Waals surface area contributed by atoms with Gasteiger partial charge in [0.2, 0.25) is 10.0 Å². The highest BCUT2D eigenvalue weighted by molar-refractivity contribution is 7.89. The molecule has 0 aromatic heterocycles. The quantitative estimate of drug-likeness (QED) is 0.569. The second-order valence-electron chi connectivity index (χ2n) is 7.04. The number of carbonyl (C=O) groups is 1. The highest BCUT2D eigenvalue weighted by atomic mass is 32.2. The summed E-state index contributed by atoms with van der Waals surface area (Å²) in [5.41, 5.74) is 1.60. The summed E-state index contributed by atoms with van der Waals surface area (Å²) in [7, 11) is -3.96. The summed E-state index contributed by atoms with van der Waals surface area (Å²) in [6, 6.07) is 10.3. The molecule has 7 nitrogen and oxygen atoms in total. The summed E-state index contributed by atoms with van der Waals surface area (Å²) >= 11 is 0. The van der Waals surface area contributed by atoms with E-state index in [9.17, 15) is 17.6 Å². The van der Waals surface area contributed by atoms with Gasteiger partial charge in [0.25, 0.3) is 5.91 Å². The first-order valence-electron chi connectivity index (χ1n) is 9.32. The van der Waals surface area contributed by atoms with Crippen LogP contribution in [0.2, 0.25) is 0 Å². The van der Waals surface area contributed by atoms with Gasteiger partial charge in [-0.3, -0.25) is 10.0 Å². The van der Waals surface area contributed by atoms with Crippen molar-refractivity contribution in [1.82, 2.24) is 9.79 Å². The largest absolute Gasteiger partial charge is 0.457 e. The first-order valence-corrected chi connectivity index (χ1v) is 10.8. The van der Waals surface area contributed by atoms with E-state index in [4.69, 9.17) is 9.94 Å². The lowest BCUT2D eigenvalue weighted by atomic mass is 9.97. The third kappa shape index (κ3) is 4.75. The van der Waals surface area contributed by atoms with E-state index in [1.807, 2.05) is 0 Å². The number of nitrogens with one attached hydrogen (secondary N) is 1. The van der Waals surface area contributed by atoms with Gasteiger partial charge in [0.1, 0.15) is 23.4 Å².